The molecule has 0 aromatic rings. The molecule has 0 unspecified atom stereocenters. The van der Waals surface area contributed by atoms with E-state index in [4.69, 9.17) is 27.7 Å². The second-order valence-electron chi connectivity index (χ2n) is 4.26. The van der Waals surface area contributed by atoms with Crippen molar-refractivity contribution in [3.05, 3.63) is 0 Å². The van der Waals surface area contributed by atoms with Crippen LogP contribution in [0.25, 0.3) is 0 Å². The van der Waals surface area contributed by atoms with Gasteiger partial charge in [0.25, 0.3) is 0 Å². The van der Waals surface area contributed by atoms with Gasteiger partial charge in [-0.3, -0.25) is 9.11 Å². The third kappa shape index (κ3) is 89.6. The SMILES string of the molecule is CC(C)CCO.CC(C)CCO.O=S(=O)(O)O. The van der Waals surface area contributed by atoms with Gasteiger partial charge in [0.05, 0.1) is 0 Å². The normalized spacial score (nSPS) is 10.5. The summed E-state index contributed by atoms with van der Waals surface area (Å²) in [4.78, 5) is 0. The standard InChI is InChI=1S/2C5H12O.H2O4S/c2*1-5(2)3-4-6;1-5(2,3)4/h2*5-6H,3-4H2,1-2H3;(H2,1,2,3,4). The van der Waals surface area contributed by atoms with Crippen LogP contribution >= 0.6 is 0 Å². The fourth-order valence-corrected chi connectivity index (χ4v) is 0.516. The van der Waals surface area contributed by atoms with Crippen molar-refractivity contribution in [3.63, 3.8) is 0 Å². The Kier molecular flexibility index (Phi) is 17.9. The third-order valence-electron chi connectivity index (χ3n) is 1.41. The van der Waals surface area contributed by atoms with E-state index in [1.165, 1.54) is 0 Å². The molecular formula is C10H26O6S. The summed E-state index contributed by atoms with van der Waals surface area (Å²) in [5.74, 6) is 1.30. The van der Waals surface area contributed by atoms with Crippen LogP contribution in [0.3, 0.4) is 0 Å². The highest BCUT2D eigenvalue weighted by atomic mass is 32.3. The lowest BCUT2D eigenvalue weighted by molar-refractivity contribution is 0.267. The molecule has 108 valence electrons. The fraction of sp³-hybridized carbons (Fsp3) is 1.00. The van der Waals surface area contributed by atoms with E-state index in [0.29, 0.717) is 25.0 Å². The summed E-state index contributed by atoms with van der Waals surface area (Å²) in [5, 5.41) is 16.5. The molecule has 0 aromatic carbocycles. The van der Waals surface area contributed by atoms with Gasteiger partial charge >= 0.3 is 10.4 Å². The van der Waals surface area contributed by atoms with Crippen LogP contribution in [-0.4, -0.2) is 41.0 Å². The summed E-state index contributed by atoms with van der Waals surface area (Å²) in [6.07, 6.45) is 1.86. The van der Waals surface area contributed by atoms with Crippen LogP contribution < -0.4 is 0 Å². The van der Waals surface area contributed by atoms with Crippen molar-refractivity contribution in [3.8, 4) is 0 Å². The van der Waals surface area contributed by atoms with Crippen LogP contribution in [0.5, 0.6) is 0 Å². The molecule has 0 amide bonds. The molecule has 0 rings (SSSR count). The molecule has 6 nitrogen and oxygen atoms in total. The first-order valence-electron chi connectivity index (χ1n) is 5.46. The molecule has 0 aliphatic rings. The molecule has 7 heteroatoms. The van der Waals surface area contributed by atoms with Gasteiger partial charge in [-0.1, -0.05) is 27.7 Å². The van der Waals surface area contributed by atoms with Crippen molar-refractivity contribution >= 4 is 10.4 Å². The quantitative estimate of drug-likeness (QED) is 0.576. The molecule has 0 bridgehead atoms. The Bertz CT molecular complexity index is 205. The van der Waals surface area contributed by atoms with Gasteiger partial charge in [-0.05, 0) is 24.7 Å². The number of aliphatic hydroxyl groups excluding tert-OH is 2. The van der Waals surface area contributed by atoms with Crippen molar-refractivity contribution in [1.29, 1.82) is 0 Å². The minimum absolute atomic E-state index is 0.331. The van der Waals surface area contributed by atoms with E-state index >= 15 is 0 Å². The average Bonchev–Trinajstić information content (AvgIpc) is 2.00. The Morgan fingerprint density at radius 1 is 0.824 bits per heavy atom. The summed E-state index contributed by atoms with van der Waals surface area (Å²) < 4.78 is 31.6. The Morgan fingerprint density at radius 3 is 1.00 bits per heavy atom. The minimum atomic E-state index is -4.67. The highest BCUT2D eigenvalue weighted by Crippen LogP contribution is 1.95. The summed E-state index contributed by atoms with van der Waals surface area (Å²) >= 11 is 0. The topological polar surface area (TPSA) is 115 Å². The highest BCUT2D eigenvalue weighted by molar-refractivity contribution is 7.79. The zero-order chi connectivity index (χ0) is 14.5. The molecular weight excluding hydrogens is 248 g/mol. The molecule has 0 radical (unpaired) electrons. The zero-order valence-corrected chi connectivity index (χ0v) is 11.8. The van der Waals surface area contributed by atoms with Crippen molar-refractivity contribution in [1.82, 2.24) is 0 Å². The van der Waals surface area contributed by atoms with Gasteiger partial charge in [-0.25, -0.2) is 0 Å². The van der Waals surface area contributed by atoms with Crippen molar-refractivity contribution < 1.29 is 27.7 Å². The zero-order valence-electron chi connectivity index (χ0n) is 11.0. The van der Waals surface area contributed by atoms with E-state index in [-0.39, 0.29) is 0 Å². The van der Waals surface area contributed by atoms with Crippen molar-refractivity contribution in [2.24, 2.45) is 11.8 Å². The average molecular weight is 274 g/mol. The smallest absolute Gasteiger partial charge is 0.394 e. The second kappa shape index (κ2) is 13.9. The Balaban J connectivity index is -0.000000174. The first-order valence-corrected chi connectivity index (χ1v) is 6.85. The molecule has 0 aromatic heterocycles. The van der Waals surface area contributed by atoms with Gasteiger partial charge in [-0.15, -0.1) is 0 Å². The molecule has 0 saturated heterocycles. The largest absolute Gasteiger partial charge is 0.396 e. The van der Waals surface area contributed by atoms with Gasteiger partial charge in [0.15, 0.2) is 0 Å². The van der Waals surface area contributed by atoms with E-state index in [1.807, 2.05) is 0 Å². The van der Waals surface area contributed by atoms with Gasteiger partial charge in [-0.2, -0.15) is 8.42 Å². The summed E-state index contributed by atoms with van der Waals surface area (Å²) in [6, 6.07) is 0. The van der Waals surface area contributed by atoms with Crippen LogP contribution in [0, 0.1) is 11.8 Å². The van der Waals surface area contributed by atoms with Crippen LogP contribution in [0.2, 0.25) is 0 Å². The lowest BCUT2D eigenvalue weighted by Gasteiger charge is -1.95. The van der Waals surface area contributed by atoms with Crippen molar-refractivity contribution in [2.75, 3.05) is 13.2 Å². The maximum Gasteiger partial charge on any atom is 0.394 e. The van der Waals surface area contributed by atoms with Crippen LogP contribution in [0.1, 0.15) is 40.5 Å². The predicted molar refractivity (Wildman–Crippen MR) is 67.3 cm³/mol. The van der Waals surface area contributed by atoms with Crippen LogP contribution in [0.15, 0.2) is 0 Å². The lowest BCUT2D eigenvalue weighted by Crippen LogP contribution is -1.89. The number of aliphatic hydroxyl groups is 2. The predicted octanol–water partition coefficient (Wildman–Crippen LogP) is 1.40. The summed E-state index contributed by atoms with van der Waals surface area (Å²) in [6.45, 7) is 9.04. The van der Waals surface area contributed by atoms with Crippen molar-refractivity contribution in [2.45, 2.75) is 40.5 Å². The van der Waals surface area contributed by atoms with E-state index in [9.17, 15) is 0 Å². The van der Waals surface area contributed by atoms with Gasteiger partial charge in [0.2, 0.25) is 0 Å². The molecule has 0 atom stereocenters. The second-order valence-corrected chi connectivity index (χ2v) is 5.16. The molecule has 0 fully saturated rings. The van der Waals surface area contributed by atoms with E-state index in [0.717, 1.165) is 12.8 Å². The third-order valence-corrected chi connectivity index (χ3v) is 1.41. The summed E-state index contributed by atoms with van der Waals surface area (Å²) in [5.41, 5.74) is 0. The molecule has 0 spiro atoms. The van der Waals surface area contributed by atoms with Crippen LogP contribution in [-0.2, 0) is 10.4 Å². The first kappa shape index (κ1) is 22.0. The first-order chi connectivity index (χ1) is 7.54. The Hall–Kier alpha value is -0.210. The molecule has 0 aliphatic carbocycles. The highest BCUT2D eigenvalue weighted by Gasteiger charge is 1.87. The summed E-state index contributed by atoms with van der Waals surface area (Å²) in [7, 11) is -4.67. The maximum absolute atomic E-state index is 8.74. The monoisotopic (exact) mass is 274 g/mol. The number of hydrogen-bond donors (Lipinski definition) is 4. The van der Waals surface area contributed by atoms with Gasteiger partial charge in [0.1, 0.15) is 0 Å². The van der Waals surface area contributed by atoms with Crippen LogP contribution in [0.4, 0.5) is 0 Å². The van der Waals surface area contributed by atoms with E-state index in [2.05, 4.69) is 27.7 Å². The van der Waals surface area contributed by atoms with E-state index < -0.39 is 10.4 Å². The van der Waals surface area contributed by atoms with Gasteiger partial charge < -0.3 is 10.2 Å². The Morgan fingerprint density at radius 2 is 1.00 bits per heavy atom. The molecule has 4 N–H and O–H groups in total. The maximum atomic E-state index is 8.74. The number of hydrogen-bond acceptors (Lipinski definition) is 4. The van der Waals surface area contributed by atoms with E-state index in [1.54, 1.807) is 0 Å². The fourth-order valence-electron chi connectivity index (χ4n) is 0.516. The Labute approximate surface area is 104 Å². The van der Waals surface area contributed by atoms with Gasteiger partial charge in [0, 0.05) is 13.2 Å². The lowest BCUT2D eigenvalue weighted by atomic mass is 10.2. The molecule has 0 heterocycles. The minimum Gasteiger partial charge on any atom is -0.396 e. The molecule has 0 aliphatic heterocycles. The molecule has 0 saturated carbocycles. The number of rotatable bonds is 4. The molecule has 17 heavy (non-hydrogen) atoms.